The lowest BCUT2D eigenvalue weighted by Gasteiger charge is -2.14. The van der Waals surface area contributed by atoms with Crippen molar-refractivity contribution in [2.45, 2.75) is 0 Å². The van der Waals surface area contributed by atoms with Gasteiger partial charge < -0.3 is 0 Å². The molecule has 0 unspecified atom stereocenters. The number of aromatic nitrogens is 6. The first kappa shape index (κ1) is 32.3. The molecule has 0 fully saturated rings. The molecular formula is C52H32N6. The maximum Gasteiger partial charge on any atom is 0.238 e. The first-order valence-electron chi connectivity index (χ1n) is 19.5. The molecule has 6 nitrogen and oxygen atoms in total. The molecule has 0 amide bonds. The molecule has 4 aromatic heterocycles. The molecule has 0 aliphatic carbocycles. The molecular weight excluding hydrogens is 709 g/mol. The van der Waals surface area contributed by atoms with Crippen LogP contribution in [0.2, 0.25) is 0 Å². The SMILES string of the molecule is c1ccc(-c2cccc(-c3nc(-c4cccc(-c5ccccc5)c4)nc(-n4c5ccccc5c5ccc6c(c7ccccc7n7c8ccccc8nc67)c54)n3)c2)cc1. The Morgan fingerprint density at radius 2 is 0.845 bits per heavy atom. The van der Waals surface area contributed by atoms with Gasteiger partial charge in [0.2, 0.25) is 5.95 Å². The summed E-state index contributed by atoms with van der Waals surface area (Å²) in [4.78, 5) is 21.3. The minimum atomic E-state index is 0.548. The van der Waals surface area contributed by atoms with E-state index in [0.29, 0.717) is 17.6 Å². The van der Waals surface area contributed by atoms with Gasteiger partial charge in [-0.25, -0.2) is 9.97 Å². The predicted molar refractivity (Wildman–Crippen MR) is 237 cm³/mol. The highest BCUT2D eigenvalue weighted by molar-refractivity contribution is 6.27. The summed E-state index contributed by atoms with van der Waals surface area (Å²) in [6.45, 7) is 0. The van der Waals surface area contributed by atoms with E-state index in [2.05, 4.69) is 191 Å². The van der Waals surface area contributed by atoms with E-state index < -0.39 is 0 Å². The molecule has 0 aliphatic heterocycles. The van der Waals surface area contributed by atoms with Crippen LogP contribution in [0, 0.1) is 0 Å². The van der Waals surface area contributed by atoms with Crippen LogP contribution in [0.1, 0.15) is 0 Å². The van der Waals surface area contributed by atoms with E-state index in [0.717, 1.165) is 93.5 Å². The summed E-state index contributed by atoms with van der Waals surface area (Å²) in [5, 5.41) is 5.54. The average molecular weight is 741 g/mol. The summed E-state index contributed by atoms with van der Waals surface area (Å²) in [6.07, 6.45) is 0. The van der Waals surface area contributed by atoms with E-state index >= 15 is 0 Å². The van der Waals surface area contributed by atoms with Crippen molar-refractivity contribution in [3.63, 3.8) is 0 Å². The zero-order valence-corrected chi connectivity index (χ0v) is 31.2. The Kier molecular flexibility index (Phi) is 7.13. The fourth-order valence-corrected chi connectivity index (χ4v) is 8.71. The third-order valence-electron chi connectivity index (χ3n) is 11.3. The normalized spacial score (nSPS) is 11.8. The second-order valence-corrected chi connectivity index (χ2v) is 14.7. The molecule has 12 rings (SSSR count). The van der Waals surface area contributed by atoms with Crippen LogP contribution in [0.15, 0.2) is 194 Å². The molecule has 0 aliphatic rings. The number of hydrogen-bond acceptors (Lipinski definition) is 4. The van der Waals surface area contributed by atoms with Gasteiger partial charge in [-0.15, -0.1) is 0 Å². The molecule has 0 radical (unpaired) electrons. The minimum absolute atomic E-state index is 0.548. The van der Waals surface area contributed by atoms with Gasteiger partial charge in [0.05, 0.1) is 27.6 Å². The molecule has 0 atom stereocenters. The zero-order chi connectivity index (χ0) is 38.2. The third-order valence-corrected chi connectivity index (χ3v) is 11.3. The fraction of sp³-hybridized carbons (Fsp3) is 0. The lowest BCUT2D eigenvalue weighted by molar-refractivity contribution is 0.955. The Labute approximate surface area is 333 Å². The van der Waals surface area contributed by atoms with Crippen molar-refractivity contribution in [2.75, 3.05) is 0 Å². The Bertz CT molecular complexity index is 3470. The van der Waals surface area contributed by atoms with Crippen molar-refractivity contribution >= 4 is 60.2 Å². The highest BCUT2D eigenvalue weighted by Gasteiger charge is 2.23. The van der Waals surface area contributed by atoms with Crippen LogP contribution in [0.4, 0.5) is 0 Å². The summed E-state index contributed by atoms with van der Waals surface area (Å²) < 4.78 is 4.54. The van der Waals surface area contributed by atoms with Crippen molar-refractivity contribution in [3.05, 3.63) is 194 Å². The van der Waals surface area contributed by atoms with Crippen molar-refractivity contribution in [2.24, 2.45) is 0 Å². The average Bonchev–Trinajstić information content (AvgIpc) is 3.86. The van der Waals surface area contributed by atoms with Crippen molar-refractivity contribution < 1.29 is 0 Å². The topological polar surface area (TPSA) is 60.9 Å². The van der Waals surface area contributed by atoms with Crippen LogP contribution >= 0.6 is 0 Å². The zero-order valence-electron chi connectivity index (χ0n) is 31.2. The van der Waals surface area contributed by atoms with Crippen molar-refractivity contribution in [1.82, 2.24) is 28.9 Å². The van der Waals surface area contributed by atoms with Gasteiger partial charge in [-0.1, -0.05) is 152 Å². The molecule has 6 heteroatoms. The predicted octanol–water partition coefficient (Wildman–Crippen LogP) is 12.7. The summed E-state index contributed by atoms with van der Waals surface area (Å²) in [6, 6.07) is 67.9. The first-order valence-corrected chi connectivity index (χ1v) is 19.5. The largest absolute Gasteiger partial charge is 0.292 e. The molecule has 0 N–H and O–H groups in total. The van der Waals surface area contributed by atoms with Crippen LogP contribution in [-0.2, 0) is 0 Å². The maximum absolute atomic E-state index is 5.39. The highest BCUT2D eigenvalue weighted by atomic mass is 15.2. The number of rotatable bonds is 5. The summed E-state index contributed by atoms with van der Waals surface area (Å²) in [7, 11) is 0. The molecule has 58 heavy (non-hydrogen) atoms. The lowest BCUT2D eigenvalue weighted by atomic mass is 10.0. The number of hydrogen-bond donors (Lipinski definition) is 0. The third kappa shape index (κ3) is 4.98. The van der Waals surface area contributed by atoms with Gasteiger partial charge in [0.1, 0.15) is 5.65 Å². The molecule has 270 valence electrons. The Hall–Kier alpha value is -7.96. The van der Waals surface area contributed by atoms with Crippen molar-refractivity contribution in [1.29, 1.82) is 0 Å². The number of para-hydroxylation sites is 4. The summed E-state index contributed by atoms with van der Waals surface area (Å²) >= 11 is 0. The van der Waals surface area contributed by atoms with Gasteiger partial charge in [-0.2, -0.15) is 9.97 Å². The standard InChI is InChI=1S/C52H32N6/c1-3-15-33(16-4-1)35-19-13-21-37(31-35)49-54-50(38-22-14-20-36(32-38)34-17-5-2-6-18-34)56-52(55-49)58-44-26-10-7-23-39(44)40-29-30-42-47(48(40)58)41-24-8-11-27-45(41)57-46-28-12-9-25-43(46)53-51(42)57/h1-32H. The van der Waals surface area contributed by atoms with Gasteiger partial charge in [0, 0.05) is 38.1 Å². The van der Waals surface area contributed by atoms with E-state index in [1.165, 1.54) is 0 Å². The van der Waals surface area contributed by atoms with E-state index in [9.17, 15) is 0 Å². The van der Waals surface area contributed by atoms with E-state index in [1.807, 2.05) is 12.1 Å². The second kappa shape index (κ2) is 12.8. The molecule has 0 spiro atoms. The van der Waals surface area contributed by atoms with Gasteiger partial charge in [-0.3, -0.25) is 8.97 Å². The number of nitrogens with zero attached hydrogens (tertiary/aromatic N) is 6. The Balaban J connectivity index is 1.20. The minimum Gasteiger partial charge on any atom is -0.292 e. The van der Waals surface area contributed by atoms with Crippen LogP contribution in [0.25, 0.3) is 111 Å². The van der Waals surface area contributed by atoms with Gasteiger partial charge in [-0.05, 0) is 64.7 Å². The van der Waals surface area contributed by atoms with Crippen LogP contribution in [0.3, 0.4) is 0 Å². The molecule has 0 bridgehead atoms. The number of fused-ring (bicyclic) bond motifs is 12. The first-order chi connectivity index (χ1) is 28.8. The van der Waals surface area contributed by atoms with Crippen molar-refractivity contribution in [3.8, 4) is 51.0 Å². The van der Waals surface area contributed by atoms with E-state index in [-0.39, 0.29) is 0 Å². The van der Waals surface area contributed by atoms with Crippen LogP contribution in [-0.4, -0.2) is 28.9 Å². The maximum atomic E-state index is 5.39. The summed E-state index contributed by atoms with van der Waals surface area (Å²) in [5.41, 5.74) is 12.4. The number of imidazole rings is 1. The van der Waals surface area contributed by atoms with Gasteiger partial charge in [0.25, 0.3) is 0 Å². The van der Waals surface area contributed by atoms with E-state index in [1.54, 1.807) is 0 Å². The highest BCUT2D eigenvalue weighted by Crippen LogP contribution is 2.42. The lowest BCUT2D eigenvalue weighted by Crippen LogP contribution is -2.07. The number of pyridine rings is 1. The monoisotopic (exact) mass is 740 g/mol. The molecule has 12 aromatic rings. The quantitative estimate of drug-likeness (QED) is 0.165. The van der Waals surface area contributed by atoms with Crippen LogP contribution in [0.5, 0.6) is 0 Å². The Morgan fingerprint density at radius 3 is 1.52 bits per heavy atom. The fourth-order valence-electron chi connectivity index (χ4n) is 8.71. The number of benzene rings is 8. The summed E-state index contributed by atoms with van der Waals surface area (Å²) in [5.74, 6) is 1.74. The molecule has 0 saturated carbocycles. The molecule has 8 aromatic carbocycles. The smallest absolute Gasteiger partial charge is 0.238 e. The molecule has 0 saturated heterocycles. The second-order valence-electron chi connectivity index (χ2n) is 14.7. The molecule has 4 heterocycles. The van der Waals surface area contributed by atoms with Gasteiger partial charge in [0.15, 0.2) is 11.6 Å². The van der Waals surface area contributed by atoms with Crippen LogP contribution < -0.4 is 0 Å². The van der Waals surface area contributed by atoms with Gasteiger partial charge >= 0.3 is 0 Å². The van der Waals surface area contributed by atoms with E-state index in [4.69, 9.17) is 19.9 Å². The Morgan fingerprint density at radius 1 is 0.328 bits per heavy atom.